The Labute approximate surface area is 157 Å². The quantitative estimate of drug-likeness (QED) is 0.688. The highest BCUT2D eigenvalue weighted by Crippen LogP contribution is 2.36. The first-order valence-electron chi connectivity index (χ1n) is 8.24. The summed E-state index contributed by atoms with van der Waals surface area (Å²) in [5.74, 6) is 0.602. The second-order valence-corrected chi connectivity index (χ2v) is 6.40. The van der Waals surface area contributed by atoms with Gasteiger partial charge in [0.2, 0.25) is 0 Å². The minimum absolute atomic E-state index is 0.154. The standard InChI is InChI=1S/C21H20ClNO3/c1-13(15-9-8-14-6-4-5-7-16(14)10-15)23-21(24)17-11-18(22)20(26-3)19(12-17)25-2/h4-13H,1-3H3,(H,23,24). The number of fused-ring (bicyclic) bond motifs is 1. The van der Waals surface area contributed by atoms with Crippen molar-refractivity contribution >= 4 is 28.3 Å². The van der Waals surface area contributed by atoms with Gasteiger partial charge in [0.15, 0.2) is 11.5 Å². The van der Waals surface area contributed by atoms with Crippen molar-refractivity contribution in [3.05, 3.63) is 70.7 Å². The molecule has 1 N–H and O–H groups in total. The Morgan fingerprint density at radius 3 is 2.42 bits per heavy atom. The van der Waals surface area contributed by atoms with Gasteiger partial charge in [-0.1, -0.05) is 48.0 Å². The molecule has 4 nitrogen and oxygen atoms in total. The van der Waals surface area contributed by atoms with Crippen LogP contribution in [0.5, 0.6) is 11.5 Å². The Kier molecular flexibility index (Phi) is 5.33. The highest BCUT2D eigenvalue weighted by atomic mass is 35.5. The molecule has 0 aliphatic rings. The Balaban J connectivity index is 1.83. The molecule has 1 unspecified atom stereocenters. The van der Waals surface area contributed by atoms with E-state index in [2.05, 4.69) is 29.6 Å². The number of ether oxygens (including phenoxy) is 2. The molecule has 0 radical (unpaired) electrons. The van der Waals surface area contributed by atoms with E-state index in [1.807, 2.05) is 25.1 Å². The average molecular weight is 370 g/mol. The summed E-state index contributed by atoms with van der Waals surface area (Å²) in [5, 5.41) is 5.64. The lowest BCUT2D eigenvalue weighted by Crippen LogP contribution is -2.26. The van der Waals surface area contributed by atoms with Crippen LogP contribution in [-0.4, -0.2) is 20.1 Å². The van der Waals surface area contributed by atoms with Crippen molar-refractivity contribution in [3.63, 3.8) is 0 Å². The number of rotatable bonds is 5. The van der Waals surface area contributed by atoms with Crippen LogP contribution in [0.3, 0.4) is 0 Å². The third-order valence-corrected chi connectivity index (χ3v) is 4.60. The van der Waals surface area contributed by atoms with Crippen molar-refractivity contribution in [1.82, 2.24) is 5.32 Å². The minimum atomic E-state index is -0.228. The number of benzene rings is 3. The number of methoxy groups -OCH3 is 2. The predicted molar refractivity (Wildman–Crippen MR) is 104 cm³/mol. The second kappa shape index (κ2) is 7.67. The van der Waals surface area contributed by atoms with Gasteiger partial charge in [-0.2, -0.15) is 0 Å². The van der Waals surface area contributed by atoms with E-state index in [0.717, 1.165) is 10.9 Å². The molecule has 5 heteroatoms. The van der Waals surface area contributed by atoms with E-state index < -0.39 is 0 Å². The van der Waals surface area contributed by atoms with E-state index in [0.29, 0.717) is 22.1 Å². The molecule has 3 aromatic carbocycles. The van der Waals surface area contributed by atoms with Gasteiger partial charge in [0.25, 0.3) is 5.91 Å². The van der Waals surface area contributed by atoms with Gasteiger partial charge in [-0.25, -0.2) is 0 Å². The van der Waals surface area contributed by atoms with Gasteiger partial charge < -0.3 is 14.8 Å². The van der Waals surface area contributed by atoms with Crippen molar-refractivity contribution in [1.29, 1.82) is 0 Å². The lowest BCUT2D eigenvalue weighted by Gasteiger charge is -2.16. The van der Waals surface area contributed by atoms with Crippen molar-refractivity contribution in [2.75, 3.05) is 14.2 Å². The van der Waals surface area contributed by atoms with Gasteiger partial charge in [0.1, 0.15) is 0 Å². The normalized spacial score (nSPS) is 11.8. The van der Waals surface area contributed by atoms with Gasteiger partial charge in [-0.3, -0.25) is 4.79 Å². The molecule has 0 bridgehead atoms. The first-order valence-corrected chi connectivity index (χ1v) is 8.62. The highest BCUT2D eigenvalue weighted by Gasteiger charge is 2.17. The molecule has 0 aromatic heterocycles. The molecule has 3 aromatic rings. The summed E-state index contributed by atoms with van der Waals surface area (Å²) in [4.78, 5) is 12.6. The molecule has 0 saturated carbocycles. The third-order valence-electron chi connectivity index (χ3n) is 4.32. The summed E-state index contributed by atoms with van der Waals surface area (Å²) >= 11 is 6.19. The topological polar surface area (TPSA) is 47.6 Å². The highest BCUT2D eigenvalue weighted by molar-refractivity contribution is 6.32. The lowest BCUT2D eigenvalue weighted by molar-refractivity contribution is 0.0939. The molecule has 134 valence electrons. The first kappa shape index (κ1) is 18.1. The number of hydrogen-bond acceptors (Lipinski definition) is 3. The molecule has 0 saturated heterocycles. The zero-order chi connectivity index (χ0) is 18.7. The molecule has 0 aliphatic carbocycles. The van der Waals surface area contributed by atoms with E-state index in [4.69, 9.17) is 21.1 Å². The number of halogens is 1. The summed E-state index contributed by atoms with van der Waals surface area (Å²) in [6, 6.07) is 17.3. The molecule has 0 aliphatic heterocycles. The van der Waals surface area contributed by atoms with Crippen LogP contribution < -0.4 is 14.8 Å². The number of hydrogen-bond donors (Lipinski definition) is 1. The maximum Gasteiger partial charge on any atom is 0.251 e. The van der Waals surface area contributed by atoms with Gasteiger partial charge >= 0.3 is 0 Å². The summed E-state index contributed by atoms with van der Waals surface area (Å²) in [5.41, 5.74) is 1.45. The molecule has 0 heterocycles. The largest absolute Gasteiger partial charge is 0.493 e. The molecule has 0 fully saturated rings. The van der Waals surface area contributed by atoms with Crippen molar-refractivity contribution in [2.45, 2.75) is 13.0 Å². The summed E-state index contributed by atoms with van der Waals surface area (Å²) < 4.78 is 10.5. The van der Waals surface area contributed by atoms with Crippen LogP contribution >= 0.6 is 11.6 Å². The second-order valence-electron chi connectivity index (χ2n) is 6.00. The monoisotopic (exact) mass is 369 g/mol. The van der Waals surface area contributed by atoms with E-state index in [1.165, 1.54) is 19.6 Å². The maximum atomic E-state index is 12.6. The Bertz CT molecular complexity index is 955. The zero-order valence-corrected chi connectivity index (χ0v) is 15.6. The fraction of sp³-hybridized carbons (Fsp3) is 0.190. The van der Waals surface area contributed by atoms with Crippen LogP contribution in [0.1, 0.15) is 28.9 Å². The van der Waals surface area contributed by atoms with Crippen LogP contribution in [0.15, 0.2) is 54.6 Å². The van der Waals surface area contributed by atoms with Crippen LogP contribution in [0.25, 0.3) is 10.8 Å². The van der Waals surface area contributed by atoms with Gasteiger partial charge in [0.05, 0.1) is 25.3 Å². The number of amides is 1. The molecule has 0 spiro atoms. The fourth-order valence-electron chi connectivity index (χ4n) is 2.89. The maximum absolute atomic E-state index is 12.6. The Morgan fingerprint density at radius 1 is 1.00 bits per heavy atom. The number of carbonyl (C=O) groups is 1. The van der Waals surface area contributed by atoms with Gasteiger partial charge in [0, 0.05) is 5.56 Å². The summed E-state index contributed by atoms with van der Waals surface area (Å²) in [6.45, 7) is 1.95. The van der Waals surface area contributed by atoms with E-state index in [9.17, 15) is 4.79 Å². The number of carbonyl (C=O) groups excluding carboxylic acids is 1. The molecule has 1 amide bonds. The predicted octanol–water partition coefficient (Wildman–Crippen LogP) is 5.00. The smallest absolute Gasteiger partial charge is 0.251 e. The zero-order valence-electron chi connectivity index (χ0n) is 14.9. The van der Waals surface area contributed by atoms with E-state index in [1.54, 1.807) is 12.1 Å². The van der Waals surface area contributed by atoms with Crippen LogP contribution in [-0.2, 0) is 0 Å². The van der Waals surface area contributed by atoms with E-state index in [-0.39, 0.29) is 11.9 Å². The molecular formula is C21H20ClNO3. The van der Waals surface area contributed by atoms with E-state index >= 15 is 0 Å². The molecule has 26 heavy (non-hydrogen) atoms. The summed E-state index contributed by atoms with van der Waals surface area (Å²) in [6.07, 6.45) is 0. The third kappa shape index (κ3) is 3.60. The number of nitrogens with one attached hydrogen (secondary N) is 1. The van der Waals surface area contributed by atoms with Crippen LogP contribution in [0.4, 0.5) is 0 Å². The SMILES string of the molecule is COc1cc(C(=O)NC(C)c2ccc3ccccc3c2)cc(Cl)c1OC. The van der Waals surface area contributed by atoms with Crippen LogP contribution in [0, 0.1) is 0 Å². The van der Waals surface area contributed by atoms with Crippen molar-refractivity contribution < 1.29 is 14.3 Å². The average Bonchev–Trinajstić information content (AvgIpc) is 2.66. The molecular weight excluding hydrogens is 350 g/mol. The minimum Gasteiger partial charge on any atom is -0.493 e. The Hall–Kier alpha value is -2.72. The van der Waals surface area contributed by atoms with Crippen molar-refractivity contribution in [3.8, 4) is 11.5 Å². The molecule has 3 rings (SSSR count). The summed E-state index contributed by atoms with van der Waals surface area (Å²) in [7, 11) is 3.01. The lowest BCUT2D eigenvalue weighted by atomic mass is 10.0. The van der Waals surface area contributed by atoms with Gasteiger partial charge in [-0.05, 0) is 41.5 Å². The van der Waals surface area contributed by atoms with Crippen molar-refractivity contribution in [2.24, 2.45) is 0 Å². The van der Waals surface area contributed by atoms with Gasteiger partial charge in [-0.15, -0.1) is 0 Å². The first-order chi connectivity index (χ1) is 12.5. The molecule has 1 atom stereocenters. The van der Waals surface area contributed by atoms with Crippen LogP contribution in [0.2, 0.25) is 5.02 Å². The Morgan fingerprint density at radius 2 is 1.73 bits per heavy atom. The fourth-order valence-corrected chi connectivity index (χ4v) is 3.18.